The molecule has 2 aliphatic heterocycles. The molecule has 4 rings (SSSR count). The molecule has 0 spiro atoms. The molecule has 0 bridgehead atoms. The first-order chi connectivity index (χ1) is 14.7. The van der Waals surface area contributed by atoms with Crippen LogP contribution in [0.2, 0.25) is 0 Å². The van der Waals surface area contributed by atoms with Crippen molar-refractivity contribution in [3.05, 3.63) is 35.5 Å². The zero-order chi connectivity index (χ0) is 20.9. The lowest BCUT2D eigenvalue weighted by molar-refractivity contribution is -0.140. The minimum atomic E-state index is 0.131. The van der Waals surface area contributed by atoms with Crippen molar-refractivity contribution in [3.8, 4) is 0 Å². The minimum Gasteiger partial charge on any atom is -0.378 e. The Hall–Kier alpha value is -2.54. The summed E-state index contributed by atoms with van der Waals surface area (Å²) >= 11 is 0. The van der Waals surface area contributed by atoms with Gasteiger partial charge in [0.05, 0.1) is 13.2 Å². The van der Waals surface area contributed by atoms with Crippen LogP contribution in [0.4, 0.5) is 0 Å². The molecule has 0 unspecified atom stereocenters. The van der Waals surface area contributed by atoms with Gasteiger partial charge in [0, 0.05) is 62.8 Å². The van der Waals surface area contributed by atoms with Crippen molar-refractivity contribution in [1.82, 2.24) is 20.1 Å². The molecule has 7 nitrogen and oxygen atoms in total. The van der Waals surface area contributed by atoms with Gasteiger partial charge in [0.1, 0.15) is 0 Å². The van der Waals surface area contributed by atoms with Crippen LogP contribution < -0.4 is 5.32 Å². The minimum absolute atomic E-state index is 0.131. The van der Waals surface area contributed by atoms with E-state index in [1.165, 1.54) is 22.0 Å². The van der Waals surface area contributed by atoms with E-state index in [4.69, 9.17) is 4.74 Å². The Labute approximate surface area is 178 Å². The van der Waals surface area contributed by atoms with E-state index >= 15 is 0 Å². The third-order valence-corrected chi connectivity index (χ3v) is 6.37. The first-order valence-corrected chi connectivity index (χ1v) is 11.0. The van der Waals surface area contributed by atoms with Gasteiger partial charge in [0.2, 0.25) is 5.91 Å². The van der Waals surface area contributed by atoms with Crippen LogP contribution in [0.5, 0.6) is 0 Å². The molecule has 3 heterocycles. The highest BCUT2D eigenvalue weighted by atomic mass is 16.5. The fourth-order valence-electron chi connectivity index (χ4n) is 4.59. The maximum Gasteiger partial charge on any atom is 0.225 e. The molecule has 2 saturated heterocycles. The van der Waals surface area contributed by atoms with Crippen molar-refractivity contribution < 1.29 is 9.53 Å². The van der Waals surface area contributed by atoms with Crippen molar-refractivity contribution in [2.75, 3.05) is 53.0 Å². The topological polar surface area (TPSA) is 73.0 Å². The van der Waals surface area contributed by atoms with Crippen LogP contribution >= 0.6 is 0 Å². The molecule has 30 heavy (non-hydrogen) atoms. The summed E-state index contributed by atoms with van der Waals surface area (Å²) in [6, 6.07) is 6.43. The van der Waals surface area contributed by atoms with Gasteiger partial charge in [-0.1, -0.05) is 18.2 Å². The number of carbonyl (C=O) groups is 1. The first kappa shape index (κ1) is 20.7. The molecular weight excluding hydrogens is 378 g/mol. The Bertz CT molecular complexity index is 892. The number of fused-ring (bicyclic) bond motifs is 1. The van der Waals surface area contributed by atoms with Gasteiger partial charge in [-0.3, -0.25) is 9.79 Å². The number of aromatic amines is 1. The van der Waals surface area contributed by atoms with Crippen LogP contribution in [-0.2, 0) is 16.0 Å². The molecule has 7 heteroatoms. The second-order valence-electron chi connectivity index (χ2n) is 8.23. The van der Waals surface area contributed by atoms with E-state index in [1.807, 2.05) is 11.9 Å². The molecule has 2 fully saturated rings. The predicted octanol–water partition coefficient (Wildman–Crippen LogP) is 2.17. The second-order valence-corrected chi connectivity index (χ2v) is 8.23. The number of carbonyl (C=O) groups excluding carboxylic acids is 1. The number of rotatable bonds is 4. The van der Waals surface area contributed by atoms with Crippen molar-refractivity contribution in [1.29, 1.82) is 0 Å². The van der Waals surface area contributed by atoms with Crippen molar-refractivity contribution in [2.24, 2.45) is 10.9 Å². The third-order valence-electron chi connectivity index (χ3n) is 6.37. The van der Waals surface area contributed by atoms with Crippen molar-refractivity contribution in [3.63, 3.8) is 0 Å². The van der Waals surface area contributed by atoms with Crippen molar-refractivity contribution in [2.45, 2.75) is 26.2 Å². The van der Waals surface area contributed by atoms with Gasteiger partial charge in [0.25, 0.3) is 0 Å². The Morgan fingerprint density at radius 2 is 1.97 bits per heavy atom. The maximum atomic E-state index is 12.7. The molecule has 0 radical (unpaired) electrons. The number of morpholine rings is 1. The Morgan fingerprint density at radius 3 is 2.70 bits per heavy atom. The number of piperidine rings is 1. The molecule has 1 aromatic heterocycles. The Balaban J connectivity index is 1.27. The molecule has 2 aromatic rings. The predicted molar refractivity (Wildman–Crippen MR) is 120 cm³/mol. The standard InChI is InChI=1S/C23H33N5O2/c1-17-4-3-5-20-19(16-26-21(17)20)6-9-25-23(24-2)28-10-7-18(8-11-28)22(29)27-12-14-30-15-13-27/h3-5,16,18,26H,6-15H2,1-2H3,(H,24,25). The average molecular weight is 412 g/mol. The number of nitrogens with zero attached hydrogens (tertiary/aromatic N) is 3. The van der Waals surface area contributed by atoms with Crippen molar-refractivity contribution >= 4 is 22.8 Å². The third kappa shape index (κ3) is 4.46. The maximum absolute atomic E-state index is 12.7. The van der Waals surface area contributed by atoms with E-state index < -0.39 is 0 Å². The van der Waals surface area contributed by atoms with E-state index in [1.54, 1.807) is 0 Å². The highest BCUT2D eigenvalue weighted by Crippen LogP contribution is 2.22. The van der Waals surface area contributed by atoms with E-state index in [0.29, 0.717) is 19.1 Å². The molecule has 2 aliphatic rings. The summed E-state index contributed by atoms with van der Waals surface area (Å²) in [6.07, 6.45) is 4.83. The van der Waals surface area contributed by atoms with Crippen LogP contribution in [0.3, 0.4) is 0 Å². The van der Waals surface area contributed by atoms with Gasteiger partial charge in [0.15, 0.2) is 5.96 Å². The van der Waals surface area contributed by atoms with Crippen LogP contribution in [0.25, 0.3) is 10.9 Å². The van der Waals surface area contributed by atoms with E-state index in [2.05, 4.69) is 51.5 Å². The van der Waals surface area contributed by atoms with Gasteiger partial charge < -0.3 is 24.8 Å². The summed E-state index contributed by atoms with van der Waals surface area (Å²) in [5.74, 6) is 1.37. The number of ether oxygens (including phenoxy) is 1. The van der Waals surface area contributed by atoms with Gasteiger partial charge >= 0.3 is 0 Å². The van der Waals surface area contributed by atoms with Crippen LogP contribution in [0.1, 0.15) is 24.0 Å². The highest BCUT2D eigenvalue weighted by Gasteiger charge is 2.30. The number of likely N-dealkylation sites (tertiary alicyclic amines) is 1. The summed E-state index contributed by atoms with van der Waals surface area (Å²) in [5, 5.41) is 4.81. The van der Waals surface area contributed by atoms with Crippen LogP contribution in [0.15, 0.2) is 29.4 Å². The normalized spacial score (nSPS) is 18.8. The van der Waals surface area contributed by atoms with E-state index in [0.717, 1.165) is 57.9 Å². The molecule has 0 saturated carbocycles. The zero-order valence-corrected chi connectivity index (χ0v) is 18.1. The smallest absolute Gasteiger partial charge is 0.225 e. The fourth-order valence-corrected chi connectivity index (χ4v) is 4.59. The molecular formula is C23H33N5O2. The molecule has 0 aliphatic carbocycles. The number of hydrogen-bond donors (Lipinski definition) is 2. The molecule has 1 aromatic carbocycles. The van der Waals surface area contributed by atoms with Crippen LogP contribution in [-0.4, -0.2) is 79.6 Å². The summed E-state index contributed by atoms with van der Waals surface area (Å²) in [6.45, 7) is 7.50. The average Bonchev–Trinajstić information content (AvgIpc) is 3.21. The number of amides is 1. The summed E-state index contributed by atoms with van der Waals surface area (Å²) in [7, 11) is 1.84. The number of guanidine groups is 1. The number of benzene rings is 1. The number of hydrogen-bond acceptors (Lipinski definition) is 3. The highest BCUT2D eigenvalue weighted by molar-refractivity contribution is 5.86. The lowest BCUT2D eigenvalue weighted by atomic mass is 9.95. The number of aromatic nitrogens is 1. The molecule has 0 atom stereocenters. The SMILES string of the molecule is CN=C(NCCc1c[nH]c2c(C)cccc12)N1CCC(C(=O)N2CCOCC2)CC1. The van der Waals surface area contributed by atoms with E-state index in [9.17, 15) is 4.79 Å². The number of aryl methyl sites for hydroxylation is 1. The number of nitrogens with one attached hydrogen (secondary N) is 2. The monoisotopic (exact) mass is 411 g/mol. The first-order valence-electron chi connectivity index (χ1n) is 11.0. The number of para-hydroxylation sites is 1. The molecule has 162 valence electrons. The summed E-state index contributed by atoms with van der Waals surface area (Å²) in [5.41, 5.74) is 3.83. The van der Waals surface area contributed by atoms with Gasteiger partial charge in [-0.2, -0.15) is 0 Å². The second kappa shape index (κ2) is 9.51. The Kier molecular flexibility index (Phi) is 6.57. The largest absolute Gasteiger partial charge is 0.378 e. The van der Waals surface area contributed by atoms with Gasteiger partial charge in [-0.05, 0) is 37.3 Å². The summed E-state index contributed by atoms with van der Waals surface area (Å²) in [4.78, 5) is 24.9. The van der Waals surface area contributed by atoms with E-state index in [-0.39, 0.29) is 5.92 Å². The fraction of sp³-hybridized carbons (Fsp3) is 0.565. The lowest BCUT2D eigenvalue weighted by Crippen LogP contribution is -2.50. The number of aliphatic imine (C=N–C) groups is 1. The lowest BCUT2D eigenvalue weighted by Gasteiger charge is -2.36. The summed E-state index contributed by atoms with van der Waals surface area (Å²) < 4.78 is 5.37. The van der Waals surface area contributed by atoms with Gasteiger partial charge in [-0.15, -0.1) is 0 Å². The van der Waals surface area contributed by atoms with Gasteiger partial charge in [-0.25, -0.2) is 0 Å². The quantitative estimate of drug-likeness (QED) is 0.597. The van der Waals surface area contributed by atoms with Crippen LogP contribution in [0, 0.1) is 12.8 Å². The number of H-pyrrole nitrogens is 1. The Morgan fingerprint density at radius 1 is 1.20 bits per heavy atom. The molecule has 1 amide bonds. The molecule has 2 N–H and O–H groups in total. The zero-order valence-electron chi connectivity index (χ0n) is 18.1.